The van der Waals surface area contributed by atoms with Gasteiger partial charge in [-0.25, -0.2) is 4.98 Å². The van der Waals surface area contributed by atoms with E-state index in [1.165, 1.54) is 71.3 Å². The Morgan fingerprint density at radius 2 is 0.573 bits per heavy atom. The molecule has 0 spiro atoms. The van der Waals surface area contributed by atoms with Crippen molar-refractivity contribution in [2.45, 2.75) is 6.42 Å². The predicted octanol–water partition coefficient (Wildman–Crippen LogP) is 20.5. The first kappa shape index (κ1) is 49.3. The molecule has 0 fully saturated rings. The van der Waals surface area contributed by atoms with Crippen molar-refractivity contribution in [3.8, 4) is 79.2 Å². The number of hydrogen-bond acceptors (Lipinski definition) is 3. The van der Waals surface area contributed by atoms with Crippen LogP contribution < -0.4 is 0 Å². The van der Waals surface area contributed by atoms with E-state index in [2.05, 4.69) is 279 Å². The van der Waals surface area contributed by atoms with E-state index < -0.39 is 0 Å². The molecule has 5 aromatic heterocycles. The van der Waals surface area contributed by atoms with E-state index in [9.17, 15) is 0 Å². The third kappa shape index (κ3) is 7.62. The minimum Gasteiger partial charge on any atom is -0.309 e. The molecule has 0 atom stereocenters. The molecular formula is C82H51N7. The van der Waals surface area contributed by atoms with Gasteiger partial charge in [-0.15, -0.1) is 0 Å². The lowest BCUT2D eigenvalue weighted by molar-refractivity contribution is 0.954. The minimum atomic E-state index is 0.554. The maximum atomic E-state index is 5.36. The summed E-state index contributed by atoms with van der Waals surface area (Å²) < 4.78 is 9.52. The van der Waals surface area contributed by atoms with E-state index in [4.69, 9.17) is 15.0 Å². The van der Waals surface area contributed by atoms with Gasteiger partial charge < -0.3 is 13.7 Å². The lowest BCUT2D eigenvalue weighted by Gasteiger charge is -2.11. The number of para-hydroxylation sites is 4. The molecule has 0 N–H and O–H groups in total. The number of aromatic nitrogens is 7. The fraction of sp³-hybridized carbons (Fsp3) is 0.0122. The molecule has 0 amide bonds. The topological polar surface area (TPSA) is 58.4 Å². The molecule has 0 bridgehead atoms. The quantitative estimate of drug-likeness (QED) is 0.152. The molecule has 18 aromatic rings. The smallest absolute Gasteiger partial charge is 0.238 e. The van der Waals surface area contributed by atoms with Crippen LogP contribution in [0.4, 0.5) is 0 Å². The summed E-state index contributed by atoms with van der Waals surface area (Å²) in [6.45, 7) is 0. The lowest BCUT2D eigenvalue weighted by atomic mass is 9.98. The van der Waals surface area contributed by atoms with Crippen molar-refractivity contribution in [2.75, 3.05) is 0 Å². The summed E-state index contributed by atoms with van der Waals surface area (Å²) in [5.41, 5.74) is 24.3. The molecule has 19 rings (SSSR count). The number of fused-ring (bicyclic) bond motifs is 15. The third-order valence-electron chi connectivity index (χ3n) is 18.6. The normalized spacial score (nSPS) is 12.2. The fourth-order valence-corrected chi connectivity index (χ4v) is 14.6. The first-order valence-corrected chi connectivity index (χ1v) is 30.5. The second-order valence-electron chi connectivity index (χ2n) is 23.6. The Morgan fingerprint density at radius 1 is 0.213 bits per heavy atom. The average molecular weight is 1130 g/mol. The van der Waals surface area contributed by atoms with Crippen LogP contribution in [0, 0.1) is 0 Å². The van der Waals surface area contributed by atoms with Crippen LogP contribution in [-0.4, -0.2) is 33.2 Å². The number of rotatable bonds is 8. The Labute approximate surface area is 511 Å². The zero-order valence-corrected chi connectivity index (χ0v) is 48.1. The highest BCUT2D eigenvalue weighted by Gasteiger charge is 2.25. The fourth-order valence-electron chi connectivity index (χ4n) is 14.6. The van der Waals surface area contributed by atoms with Crippen LogP contribution in [-0.2, 0) is 6.42 Å². The zero-order chi connectivity index (χ0) is 58.3. The first-order valence-electron chi connectivity index (χ1n) is 30.5. The molecular weight excluding hydrogens is 1080 g/mol. The van der Waals surface area contributed by atoms with Gasteiger partial charge in [-0.1, -0.05) is 182 Å². The highest BCUT2D eigenvalue weighted by molar-refractivity contribution is 6.20. The van der Waals surface area contributed by atoms with Crippen molar-refractivity contribution in [2.24, 2.45) is 0 Å². The standard InChI is InChI=1S/C82H51N7/c1-6-20-51(21-7-1)80-83-81(52-22-8-2-9-23-52)85-82(84-80)89-76-41-37-56(46-68(76)71-50-78-70(49-79(71)89)63-32-18-19-33-72(63)87(78)60-27-12-4-13-28-60)54-35-39-74-66(44-54)65-43-53(34-38-73(65)86(74)59-25-10-3-11-26-59)55-36-40-75-67(45-55)69-47-58-42-57-24-16-17-31-62(57)64(58)48-77(69)88(75)61-29-14-5-15-30-61/h1-41,43-50H,42H2. The maximum absolute atomic E-state index is 5.36. The molecule has 89 heavy (non-hydrogen) atoms. The van der Waals surface area contributed by atoms with Crippen LogP contribution >= 0.6 is 0 Å². The van der Waals surface area contributed by atoms with E-state index in [1.807, 2.05) is 36.4 Å². The van der Waals surface area contributed by atoms with Crippen molar-refractivity contribution < 1.29 is 0 Å². The molecule has 0 saturated heterocycles. The predicted molar refractivity (Wildman–Crippen MR) is 367 cm³/mol. The van der Waals surface area contributed by atoms with Gasteiger partial charge in [0.05, 0.1) is 44.1 Å². The van der Waals surface area contributed by atoms with E-state index in [-0.39, 0.29) is 0 Å². The van der Waals surface area contributed by atoms with Crippen LogP contribution in [0.1, 0.15) is 11.1 Å². The summed E-state index contributed by atoms with van der Waals surface area (Å²) in [5, 5.41) is 9.41. The van der Waals surface area contributed by atoms with E-state index >= 15 is 0 Å². The monoisotopic (exact) mass is 1130 g/mol. The molecule has 0 aliphatic heterocycles. The molecule has 7 heteroatoms. The molecule has 1 aliphatic rings. The van der Waals surface area contributed by atoms with Crippen molar-refractivity contribution >= 4 is 87.2 Å². The lowest BCUT2D eigenvalue weighted by Crippen LogP contribution is -2.06. The number of hydrogen-bond donors (Lipinski definition) is 0. The highest BCUT2D eigenvalue weighted by Crippen LogP contribution is 2.46. The average Bonchev–Trinajstić information content (AvgIpc) is 1.60. The second kappa shape index (κ2) is 19.3. The molecule has 0 unspecified atom stereocenters. The van der Waals surface area contributed by atoms with Gasteiger partial charge >= 0.3 is 0 Å². The summed E-state index contributed by atoms with van der Waals surface area (Å²) in [6, 6.07) is 108. The molecule has 7 nitrogen and oxygen atoms in total. The van der Waals surface area contributed by atoms with Crippen LogP contribution in [0.25, 0.3) is 166 Å². The third-order valence-corrected chi connectivity index (χ3v) is 18.6. The summed E-state index contributed by atoms with van der Waals surface area (Å²) in [6.07, 6.45) is 0.942. The Hall–Kier alpha value is -11.9. The molecule has 0 radical (unpaired) electrons. The van der Waals surface area contributed by atoms with Crippen molar-refractivity contribution in [3.63, 3.8) is 0 Å². The Bertz CT molecular complexity index is 5860. The van der Waals surface area contributed by atoms with E-state index in [0.717, 1.165) is 95.0 Å². The van der Waals surface area contributed by atoms with Gasteiger partial charge in [0.1, 0.15) is 0 Å². The first-order chi connectivity index (χ1) is 44.1. The Kier molecular flexibility index (Phi) is 10.7. The summed E-state index contributed by atoms with van der Waals surface area (Å²) in [7, 11) is 0. The molecule has 414 valence electrons. The largest absolute Gasteiger partial charge is 0.309 e. The van der Waals surface area contributed by atoms with Crippen LogP contribution in [0.5, 0.6) is 0 Å². The van der Waals surface area contributed by atoms with E-state index in [0.29, 0.717) is 17.6 Å². The summed E-state index contributed by atoms with van der Waals surface area (Å²) in [4.78, 5) is 15.8. The molecule has 5 heterocycles. The zero-order valence-electron chi connectivity index (χ0n) is 48.1. The minimum absolute atomic E-state index is 0.554. The Balaban J connectivity index is 0.821. The van der Waals surface area contributed by atoms with Gasteiger partial charge in [0.25, 0.3) is 0 Å². The number of benzene rings is 13. The Morgan fingerprint density at radius 3 is 1.08 bits per heavy atom. The van der Waals surface area contributed by atoms with Gasteiger partial charge in [-0.05, 0) is 166 Å². The second-order valence-corrected chi connectivity index (χ2v) is 23.6. The number of nitrogens with zero attached hydrogens (tertiary/aromatic N) is 7. The van der Waals surface area contributed by atoms with Crippen LogP contribution in [0.15, 0.2) is 297 Å². The van der Waals surface area contributed by atoms with Gasteiger partial charge in [0.2, 0.25) is 5.95 Å². The highest BCUT2D eigenvalue weighted by atomic mass is 15.2. The van der Waals surface area contributed by atoms with Gasteiger partial charge in [0.15, 0.2) is 11.6 Å². The summed E-state index contributed by atoms with van der Waals surface area (Å²) >= 11 is 0. The van der Waals surface area contributed by atoms with E-state index in [1.54, 1.807) is 0 Å². The van der Waals surface area contributed by atoms with Crippen LogP contribution in [0.2, 0.25) is 0 Å². The van der Waals surface area contributed by atoms with Crippen LogP contribution in [0.3, 0.4) is 0 Å². The molecule has 13 aromatic carbocycles. The SMILES string of the molecule is c1ccc(-c2nc(-c3ccccc3)nc(-n3c4ccc(-c5ccc6c(c5)c5cc(-c7ccc8c(c7)c7cc9c(cc7n8-c7ccccc7)-c7ccccc7C9)ccc5n6-c5ccccc5)cc4c4cc5c(cc43)c3ccccc3n5-c3ccccc3)n2)cc1. The van der Waals surface area contributed by atoms with Crippen molar-refractivity contribution in [1.29, 1.82) is 0 Å². The van der Waals surface area contributed by atoms with Gasteiger partial charge in [0, 0.05) is 71.3 Å². The van der Waals surface area contributed by atoms with Crippen molar-refractivity contribution in [3.05, 3.63) is 308 Å². The maximum Gasteiger partial charge on any atom is 0.238 e. The summed E-state index contributed by atoms with van der Waals surface area (Å²) in [5.74, 6) is 1.78. The molecule has 0 saturated carbocycles. The van der Waals surface area contributed by atoms with Gasteiger partial charge in [-0.2, -0.15) is 9.97 Å². The van der Waals surface area contributed by atoms with Crippen molar-refractivity contribution in [1.82, 2.24) is 33.2 Å². The molecule has 1 aliphatic carbocycles. The van der Waals surface area contributed by atoms with Gasteiger partial charge in [-0.3, -0.25) is 4.57 Å².